The van der Waals surface area contributed by atoms with Crippen LogP contribution in [0.3, 0.4) is 0 Å². The summed E-state index contributed by atoms with van der Waals surface area (Å²) in [6, 6.07) is 11.5. The largest absolute Gasteiger partial charge is 0.388 e. The number of nitrogens with zero attached hydrogens (tertiary/aromatic N) is 1. The predicted octanol–water partition coefficient (Wildman–Crippen LogP) is 5.28. The molecule has 1 aromatic heterocycles. The molecule has 1 aliphatic heterocycles. The molecule has 0 aliphatic carbocycles. The molecule has 1 saturated heterocycles. The monoisotopic (exact) mass is 429 g/mol. The Morgan fingerprint density at radius 3 is 2.63 bits per heavy atom. The molecular formula is C24H31NO4S. The van der Waals surface area contributed by atoms with Crippen molar-refractivity contribution in [3.63, 3.8) is 0 Å². The Balaban J connectivity index is 1.56. The zero-order valence-corrected chi connectivity index (χ0v) is 18.6. The summed E-state index contributed by atoms with van der Waals surface area (Å²) in [5, 5.41) is 10.3. The van der Waals surface area contributed by atoms with Gasteiger partial charge in [0.05, 0.1) is 11.0 Å². The Hall–Kier alpha value is -2.02. The Bertz CT molecular complexity index is 845. The summed E-state index contributed by atoms with van der Waals surface area (Å²) < 4.78 is 5.73. The van der Waals surface area contributed by atoms with Crippen LogP contribution in [0.1, 0.15) is 78.6 Å². The number of carbonyl (C=O) groups excluding carboxylic acids is 2. The molecule has 1 N–H and O–H groups in total. The number of rotatable bonds is 11. The molecule has 0 radical (unpaired) electrons. The lowest BCUT2D eigenvalue weighted by Crippen LogP contribution is -2.33. The predicted molar refractivity (Wildman–Crippen MR) is 120 cm³/mol. The number of Topliss-reactive ketones (excluding diaryl/α,β-unsaturated/α-hetero) is 1. The van der Waals surface area contributed by atoms with Gasteiger partial charge in [0.1, 0.15) is 12.8 Å². The topological polar surface area (TPSA) is 66.8 Å². The smallest absolute Gasteiger partial charge is 0.255 e. The third kappa shape index (κ3) is 5.78. The Kier molecular flexibility index (Phi) is 8.19. The van der Waals surface area contributed by atoms with E-state index in [-0.39, 0.29) is 24.5 Å². The summed E-state index contributed by atoms with van der Waals surface area (Å²) in [6.07, 6.45) is 5.77. The number of aryl methyl sites for hydroxylation is 1. The molecular weight excluding hydrogens is 398 g/mol. The number of ether oxygens (including phenoxy) is 1. The van der Waals surface area contributed by atoms with Gasteiger partial charge in [-0.05, 0) is 62.4 Å². The van der Waals surface area contributed by atoms with Gasteiger partial charge < -0.3 is 9.84 Å². The van der Waals surface area contributed by atoms with E-state index < -0.39 is 6.10 Å². The van der Waals surface area contributed by atoms with Crippen molar-refractivity contribution >= 4 is 28.7 Å². The summed E-state index contributed by atoms with van der Waals surface area (Å²) in [5.74, 6) is 0.0623. The standard InChI is InChI=1S/C24H31NO4S/c1-3-4-5-8-21(27)18-10-12-19(13-11-18)25-23(28)16-29-24(25)9-6-7-20-14-15-22(30-20)17(2)26/h10-15,21,24,27H,3-9,16H2,1-2H3/t21-,24-/m0/s1. The van der Waals surface area contributed by atoms with E-state index in [0.29, 0.717) is 0 Å². The van der Waals surface area contributed by atoms with E-state index >= 15 is 0 Å². The number of hydrogen-bond acceptors (Lipinski definition) is 5. The molecule has 30 heavy (non-hydrogen) atoms. The van der Waals surface area contributed by atoms with Crippen LogP contribution in [0.4, 0.5) is 5.69 Å². The number of aliphatic hydroxyl groups excluding tert-OH is 1. The maximum atomic E-state index is 12.4. The van der Waals surface area contributed by atoms with E-state index in [9.17, 15) is 14.7 Å². The van der Waals surface area contributed by atoms with Crippen molar-refractivity contribution in [1.82, 2.24) is 0 Å². The number of anilines is 1. The maximum absolute atomic E-state index is 12.4. The summed E-state index contributed by atoms with van der Waals surface area (Å²) in [5.41, 5.74) is 1.69. The minimum absolute atomic E-state index is 0.0359. The highest BCUT2D eigenvalue weighted by Gasteiger charge is 2.32. The van der Waals surface area contributed by atoms with Gasteiger partial charge in [-0.1, -0.05) is 38.3 Å². The number of ketones is 1. The molecule has 3 rings (SSSR count). The first kappa shape index (κ1) is 22.7. The van der Waals surface area contributed by atoms with Crippen LogP contribution in [0.5, 0.6) is 0 Å². The van der Waals surface area contributed by atoms with Crippen LogP contribution in [0, 0.1) is 0 Å². The quantitative estimate of drug-likeness (QED) is 0.390. The van der Waals surface area contributed by atoms with Crippen LogP contribution >= 0.6 is 11.3 Å². The second kappa shape index (κ2) is 10.8. The second-order valence-electron chi connectivity index (χ2n) is 7.85. The minimum Gasteiger partial charge on any atom is -0.388 e. The van der Waals surface area contributed by atoms with Gasteiger partial charge in [0.15, 0.2) is 5.78 Å². The SMILES string of the molecule is CCCCC[C@H](O)c1ccc(N2C(=O)CO[C@H]2CCCc2ccc(C(C)=O)s2)cc1. The highest BCUT2D eigenvalue weighted by Crippen LogP contribution is 2.29. The molecule has 0 saturated carbocycles. The number of amides is 1. The molecule has 0 unspecified atom stereocenters. The molecule has 1 fully saturated rings. The lowest BCUT2D eigenvalue weighted by atomic mass is 10.0. The lowest BCUT2D eigenvalue weighted by molar-refractivity contribution is -0.117. The van der Waals surface area contributed by atoms with E-state index in [0.717, 1.165) is 61.1 Å². The van der Waals surface area contributed by atoms with Gasteiger partial charge in [-0.25, -0.2) is 0 Å². The molecule has 1 aliphatic rings. The van der Waals surface area contributed by atoms with Crippen LogP contribution in [0.2, 0.25) is 0 Å². The number of aliphatic hydroxyl groups is 1. The third-order valence-electron chi connectivity index (χ3n) is 5.48. The van der Waals surface area contributed by atoms with Crippen molar-refractivity contribution in [1.29, 1.82) is 0 Å². The van der Waals surface area contributed by atoms with Gasteiger partial charge in [-0.15, -0.1) is 11.3 Å². The van der Waals surface area contributed by atoms with E-state index in [2.05, 4.69) is 6.92 Å². The van der Waals surface area contributed by atoms with Crippen LogP contribution in [0.25, 0.3) is 0 Å². The molecule has 6 heteroatoms. The zero-order chi connectivity index (χ0) is 21.5. The van der Waals surface area contributed by atoms with Gasteiger partial charge in [-0.3, -0.25) is 14.5 Å². The summed E-state index contributed by atoms with van der Waals surface area (Å²) >= 11 is 1.54. The minimum atomic E-state index is -0.461. The van der Waals surface area contributed by atoms with Gasteiger partial charge in [0.25, 0.3) is 5.91 Å². The number of benzene rings is 1. The molecule has 1 aromatic carbocycles. The molecule has 0 bridgehead atoms. The average Bonchev–Trinajstić information content (AvgIpc) is 3.35. The average molecular weight is 430 g/mol. The molecule has 5 nitrogen and oxygen atoms in total. The van der Waals surface area contributed by atoms with Crippen molar-refractivity contribution in [3.05, 3.63) is 51.7 Å². The van der Waals surface area contributed by atoms with Gasteiger partial charge in [0.2, 0.25) is 0 Å². The fourth-order valence-corrected chi connectivity index (χ4v) is 4.70. The van der Waals surface area contributed by atoms with E-state index in [1.165, 1.54) is 16.2 Å². The number of unbranched alkanes of at least 4 members (excludes halogenated alkanes) is 2. The van der Waals surface area contributed by atoms with Crippen molar-refractivity contribution in [3.8, 4) is 0 Å². The second-order valence-corrected chi connectivity index (χ2v) is 9.02. The fourth-order valence-electron chi connectivity index (χ4n) is 3.76. The molecule has 2 heterocycles. The van der Waals surface area contributed by atoms with Crippen LogP contribution < -0.4 is 4.90 Å². The summed E-state index contributed by atoms with van der Waals surface area (Å²) in [6.45, 7) is 3.83. The first-order valence-corrected chi connectivity index (χ1v) is 11.6. The van der Waals surface area contributed by atoms with Crippen LogP contribution in [0.15, 0.2) is 36.4 Å². The third-order valence-corrected chi connectivity index (χ3v) is 6.72. The Labute approximate surface area is 182 Å². The summed E-state index contributed by atoms with van der Waals surface area (Å²) in [7, 11) is 0. The normalized spacial score (nSPS) is 17.5. The van der Waals surface area contributed by atoms with Crippen molar-refractivity contribution in [2.75, 3.05) is 11.5 Å². The van der Waals surface area contributed by atoms with Crippen LogP contribution in [-0.2, 0) is 16.0 Å². The Morgan fingerprint density at radius 2 is 1.97 bits per heavy atom. The number of hydrogen-bond donors (Lipinski definition) is 1. The van der Waals surface area contributed by atoms with Gasteiger partial charge in [-0.2, -0.15) is 0 Å². The molecule has 2 atom stereocenters. The first-order valence-electron chi connectivity index (χ1n) is 10.8. The fraction of sp³-hybridized carbons (Fsp3) is 0.500. The Morgan fingerprint density at radius 1 is 1.20 bits per heavy atom. The van der Waals surface area contributed by atoms with E-state index in [1.807, 2.05) is 36.4 Å². The van der Waals surface area contributed by atoms with E-state index in [1.54, 1.807) is 11.8 Å². The molecule has 2 aromatic rings. The van der Waals surface area contributed by atoms with E-state index in [4.69, 9.17) is 4.74 Å². The maximum Gasteiger partial charge on any atom is 0.255 e. The lowest BCUT2D eigenvalue weighted by Gasteiger charge is -2.23. The highest BCUT2D eigenvalue weighted by molar-refractivity contribution is 7.14. The number of carbonyl (C=O) groups is 2. The van der Waals surface area contributed by atoms with Crippen LogP contribution in [-0.4, -0.2) is 29.6 Å². The molecule has 162 valence electrons. The molecule has 0 spiro atoms. The molecule has 1 amide bonds. The van der Waals surface area contributed by atoms with Crippen molar-refractivity contribution in [2.24, 2.45) is 0 Å². The first-order chi connectivity index (χ1) is 14.5. The number of thiophene rings is 1. The van der Waals surface area contributed by atoms with Gasteiger partial charge in [0, 0.05) is 10.6 Å². The zero-order valence-electron chi connectivity index (χ0n) is 17.8. The van der Waals surface area contributed by atoms with Gasteiger partial charge >= 0.3 is 0 Å². The van der Waals surface area contributed by atoms with Crippen molar-refractivity contribution in [2.45, 2.75) is 71.1 Å². The summed E-state index contributed by atoms with van der Waals surface area (Å²) in [4.78, 5) is 27.5. The van der Waals surface area contributed by atoms with Crippen molar-refractivity contribution < 1.29 is 19.4 Å². The highest BCUT2D eigenvalue weighted by atomic mass is 32.1.